The summed E-state index contributed by atoms with van der Waals surface area (Å²) in [5, 5.41) is 2.73. The molecule has 1 rings (SSSR count). The first kappa shape index (κ1) is 11.2. The lowest BCUT2D eigenvalue weighted by atomic mass is 10.1. The lowest BCUT2D eigenvalue weighted by molar-refractivity contribution is -0.119. The standard InChI is InChI=1S/C10H13BrN2O/c1-7-4-9(11)3-2-8(7)6-13-10(14)5-12/h2-4H,5-6,12H2,1H3,(H,13,14). The Balaban J connectivity index is 2.63. The Morgan fingerprint density at radius 2 is 2.29 bits per heavy atom. The van der Waals surface area contributed by atoms with Gasteiger partial charge in [0, 0.05) is 11.0 Å². The Labute approximate surface area is 91.8 Å². The van der Waals surface area contributed by atoms with E-state index in [9.17, 15) is 4.79 Å². The Bertz CT molecular complexity index is 339. The average molecular weight is 257 g/mol. The number of carbonyl (C=O) groups is 1. The zero-order chi connectivity index (χ0) is 10.6. The highest BCUT2D eigenvalue weighted by molar-refractivity contribution is 9.10. The van der Waals surface area contributed by atoms with Crippen LogP contribution in [0.15, 0.2) is 22.7 Å². The summed E-state index contributed by atoms with van der Waals surface area (Å²) in [5.41, 5.74) is 7.44. The van der Waals surface area contributed by atoms with Crippen LogP contribution < -0.4 is 11.1 Å². The number of hydrogen-bond donors (Lipinski definition) is 2. The van der Waals surface area contributed by atoms with Crippen molar-refractivity contribution in [1.29, 1.82) is 0 Å². The number of rotatable bonds is 3. The maximum atomic E-state index is 10.9. The molecule has 0 aliphatic rings. The van der Waals surface area contributed by atoms with Gasteiger partial charge in [-0.1, -0.05) is 22.0 Å². The van der Waals surface area contributed by atoms with Crippen molar-refractivity contribution in [3.63, 3.8) is 0 Å². The predicted molar refractivity (Wildman–Crippen MR) is 59.8 cm³/mol. The molecule has 3 N–H and O–H groups in total. The van der Waals surface area contributed by atoms with Gasteiger partial charge in [0.05, 0.1) is 6.54 Å². The smallest absolute Gasteiger partial charge is 0.234 e. The van der Waals surface area contributed by atoms with Gasteiger partial charge >= 0.3 is 0 Å². The number of nitrogens with two attached hydrogens (primary N) is 1. The van der Waals surface area contributed by atoms with Crippen LogP contribution in [0, 0.1) is 6.92 Å². The molecule has 3 nitrogen and oxygen atoms in total. The summed E-state index contributed by atoms with van der Waals surface area (Å²) in [6, 6.07) is 5.96. The fourth-order valence-electron chi connectivity index (χ4n) is 1.12. The summed E-state index contributed by atoms with van der Waals surface area (Å²) < 4.78 is 1.05. The molecule has 0 atom stereocenters. The summed E-state index contributed by atoms with van der Waals surface area (Å²) in [4.78, 5) is 10.9. The molecular formula is C10H13BrN2O. The zero-order valence-corrected chi connectivity index (χ0v) is 9.60. The SMILES string of the molecule is Cc1cc(Br)ccc1CNC(=O)CN. The molecule has 0 unspecified atom stereocenters. The van der Waals surface area contributed by atoms with Crippen molar-refractivity contribution in [2.45, 2.75) is 13.5 Å². The van der Waals surface area contributed by atoms with Crippen molar-refractivity contribution in [1.82, 2.24) is 5.32 Å². The average Bonchev–Trinajstić information content (AvgIpc) is 2.16. The van der Waals surface area contributed by atoms with Crippen LogP contribution >= 0.6 is 15.9 Å². The molecule has 0 radical (unpaired) electrons. The zero-order valence-electron chi connectivity index (χ0n) is 8.01. The van der Waals surface area contributed by atoms with E-state index in [4.69, 9.17) is 5.73 Å². The van der Waals surface area contributed by atoms with Crippen molar-refractivity contribution in [3.05, 3.63) is 33.8 Å². The van der Waals surface area contributed by atoms with E-state index in [1.807, 2.05) is 25.1 Å². The van der Waals surface area contributed by atoms with Crippen LogP contribution in [0.5, 0.6) is 0 Å². The van der Waals surface area contributed by atoms with Crippen LogP contribution in [0.3, 0.4) is 0 Å². The van der Waals surface area contributed by atoms with Crippen LogP contribution in [0.4, 0.5) is 0 Å². The molecule has 1 amide bonds. The Hall–Kier alpha value is -0.870. The largest absolute Gasteiger partial charge is 0.351 e. The minimum Gasteiger partial charge on any atom is -0.351 e. The normalized spacial score (nSPS) is 9.93. The Morgan fingerprint density at radius 3 is 2.86 bits per heavy atom. The van der Waals surface area contributed by atoms with Gasteiger partial charge in [-0.25, -0.2) is 0 Å². The quantitative estimate of drug-likeness (QED) is 0.858. The van der Waals surface area contributed by atoms with Crippen LogP contribution in [0.25, 0.3) is 0 Å². The van der Waals surface area contributed by atoms with E-state index in [-0.39, 0.29) is 12.5 Å². The minimum atomic E-state index is -0.132. The molecule has 76 valence electrons. The van der Waals surface area contributed by atoms with Crippen molar-refractivity contribution >= 4 is 21.8 Å². The van der Waals surface area contributed by atoms with E-state index >= 15 is 0 Å². The van der Waals surface area contributed by atoms with E-state index in [2.05, 4.69) is 21.2 Å². The van der Waals surface area contributed by atoms with E-state index < -0.39 is 0 Å². The van der Waals surface area contributed by atoms with E-state index in [1.165, 1.54) is 0 Å². The van der Waals surface area contributed by atoms with Gasteiger partial charge in [-0.05, 0) is 30.2 Å². The molecule has 0 saturated heterocycles. The highest BCUT2D eigenvalue weighted by Crippen LogP contribution is 2.15. The van der Waals surface area contributed by atoms with Gasteiger partial charge in [0.1, 0.15) is 0 Å². The Morgan fingerprint density at radius 1 is 1.57 bits per heavy atom. The third kappa shape index (κ3) is 3.12. The first-order valence-corrected chi connectivity index (χ1v) is 5.14. The van der Waals surface area contributed by atoms with Gasteiger partial charge in [0.15, 0.2) is 0 Å². The van der Waals surface area contributed by atoms with Crippen LogP contribution in [0.2, 0.25) is 0 Å². The number of nitrogens with one attached hydrogen (secondary N) is 1. The lowest BCUT2D eigenvalue weighted by Crippen LogP contribution is -2.29. The van der Waals surface area contributed by atoms with Gasteiger partial charge in [-0.2, -0.15) is 0 Å². The summed E-state index contributed by atoms with van der Waals surface area (Å²) in [6.45, 7) is 2.58. The van der Waals surface area contributed by atoms with Gasteiger partial charge < -0.3 is 11.1 Å². The highest BCUT2D eigenvalue weighted by Gasteiger charge is 2.01. The van der Waals surface area contributed by atoms with Crippen molar-refractivity contribution in [2.75, 3.05) is 6.54 Å². The fraction of sp³-hybridized carbons (Fsp3) is 0.300. The number of amides is 1. The summed E-state index contributed by atoms with van der Waals surface area (Å²) in [7, 11) is 0. The fourth-order valence-corrected chi connectivity index (χ4v) is 1.60. The molecule has 0 saturated carbocycles. The van der Waals surface area contributed by atoms with E-state index in [0.717, 1.165) is 15.6 Å². The lowest BCUT2D eigenvalue weighted by Gasteiger charge is -2.07. The van der Waals surface area contributed by atoms with E-state index in [0.29, 0.717) is 6.54 Å². The van der Waals surface area contributed by atoms with Crippen molar-refractivity contribution in [2.24, 2.45) is 5.73 Å². The first-order valence-electron chi connectivity index (χ1n) is 4.35. The summed E-state index contributed by atoms with van der Waals surface area (Å²) in [6.07, 6.45) is 0. The second kappa shape index (κ2) is 5.12. The topological polar surface area (TPSA) is 55.1 Å². The van der Waals surface area contributed by atoms with Gasteiger partial charge in [0.25, 0.3) is 0 Å². The van der Waals surface area contributed by atoms with Gasteiger partial charge in [0.2, 0.25) is 5.91 Å². The second-order valence-electron chi connectivity index (χ2n) is 3.05. The molecule has 0 aliphatic heterocycles. The van der Waals surface area contributed by atoms with Crippen molar-refractivity contribution < 1.29 is 4.79 Å². The first-order chi connectivity index (χ1) is 6.63. The molecule has 0 aromatic heterocycles. The van der Waals surface area contributed by atoms with Crippen LogP contribution in [-0.2, 0) is 11.3 Å². The van der Waals surface area contributed by atoms with E-state index in [1.54, 1.807) is 0 Å². The summed E-state index contributed by atoms with van der Waals surface area (Å²) in [5.74, 6) is -0.132. The highest BCUT2D eigenvalue weighted by atomic mass is 79.9. The number of halogens is 1. The third-order valence-corrected chi connectivity index (χ3v) is 2.46. The molecule has 0 fully saturated rings. The molecular weight excluding hydrogens is 244 g/mol. The molecule has 0 heterocycles. The molecule has 0 bridgehead atoms. The van der Waals surface area contributed by atoms with Crippen LogP contribution in [0.1, 0.15) is 11.1 Å². The van der Waals surface area contributed by atoms with Crippen LogP contribution in [-0.4, -0.2) is 12.5 Å². The molecule has 14 heavy (non-hydrogen) atoms. The molecule has 0 spiro atoms. The molecule has 1 aromatic carbocycles. The number of aryl methyl sites for hydroxylation is 1. The maximum Gasteiger partial charge on any atom is 0.234 e. The third-order valence-electron chi connectivity index (χ3n) is 1.97. The summed E-state index contributed by atoms with van der Waals surface area (Å²) >= 11 is 3.38. The minimum absolute atomic E-state index is 0.0373. The Kier molecular flexibility index (Phi) is 4.10. The number of hydrogen-bond acceptors (Lipinski definition) is 2. The van der Waals surface area contributed by atoms with Gasteiger partial charge in [-0.3, -0.25) is 4.79 Å². The number of benzene rings is 1. The molecule has 4 heteroatoms. The van der Waals surface area contributed by atoms with Crippen molar-refractivity contribution in [3.8, 4) is 0 Å². The number of carbonyl (C=O) groups excluding carboxylic acids is 1. The maximum absolute atomic E-state index is 10.9. The monoisotopic (exact) mass is 256 g/mol. The van der Waals surface area contributed by atoms with Gasteiger partial charge in [-0.15, -0.1) is 0 Å². The molecule has 1 aromatic rings. The molecule has 0 aliphatic carbocycles. The predicted octanol–water partition coefficient (Wildman–Crippen LogP) is 1.33. The second-order valence-corrected chi connectivity index (χ2v) is 3.97.